The maximum Gasteiger partial charge on any atom is 0.251 e. The third-order valence-corrected chi connectivity index (χ3v) is 4.00. The van der Waals surface area contributed by atoms with Gasteiger partial charge in [0.1, 0.15) is 0 Å². The molecule has 1 aromatic carbocycles. The predicted molar refractivity (Wildman–Crippen MR) is 97.3 cm³/mol. The number of rotatable bonds is 5. The molecule has 2 heterocycles. The molecule has 0 atom stereocenters. The van der Waals surface area contributed by atoms with Gasteiger partial charge in [0.05, 0.1) is 12.2 Å². The number of allylic oxidation sites excluding steroid dienone is 1. The second kappa shape index (κ2) is 7.13. The van der Waals surface area contributed by atoms with Crippen LogP contribution in [0, 0.1) is 0 Å². The molecule has 0 aliphatic heterocycles. The maximum absolute atomic E-state index is 12.7. The van der Waals surface area contributed by atoms with E-state index in [1.165, 1.54) is 0 Å². The Morgan fingerprint density at radius 1 is 1.21 bits per heavy atom. The first-order chi connectivity index (χ1) is 11.7. The van der Waals surface area contributed by atoms with Crippen molar-refractivity contribution >= 4 is 22.4 Å². The van der Waals surface area contributed by atoms with E-state index in [0.29, 0.717) is 12.1 Å². The number of carbonyl (C=O) groups is 1. The van der Waals surface area contributed by atoms with Crippen molar-refractivity contribution in [1.29, 1.82) is 0 Å². The first kappa shape index (κ1) is 16.0. The van der Waals surface area contributed by atoms with E-state index in [0.717, 1.165) is 28.6 Å². The summed E-state index contributed by atoms with van der Waals surface area (Å²) < 4.78 is 2.06. The molecule has 0 aliphatic carbocycles. The zero-order chi connectivity index (χ0) is 16.9. The summed E-state index contributed by atoms with van der Waals surface area (Å²) in [5.74, 6) is -0.0705. The average Bonchev–Trinajstić information content (AvgIpc) is 2.95. The molecule has 0 saturated heterocycles. The van der Waals surface area contributed by atoms with Gasteiger partial charge < -0.3 is 9.88 Å². The second-order valence-electron chi connectivity index (χ2n) is 5.70. The average molecular weight is 319 g/mol. The molecule has 4 heteroatoms. The Bertz CT molecular complexity index is 878. The number of para-hydroxylation sites is 1. The van der Waals surface area contributed by atoms with Crippen LogP contribution in [0.15, 0.2) is 60.9 Å². The van der Waals surface area contributed by atoms with Crippen molar-refractivity contribution < 1.29 is 4.79 Å². The number of hydrogen-bond acceptors (Lipinski definition) is 2. The number of aryl methyl sites for hydroxylation is 1. The normalized spacial score (nSPS) is 11.7. The molecule has 0 radical (unpaired) electrons. The van der Waals surface area contributed by atoms with Crippen molar-refractivity contribution in [3.8, 4) is 0 Å². The second-order valence-corrected chi connectivity index (χ2v) is 5.70. The van der Waals surface area contributed by atoms with Crippen LogP contribution in [0.1, 0.15) is 24.6 Å². The number of nitrogens with zero attached hydrogens (tertiary/aromatic N) is 2. The van der Waals surface area contributed by atoms with Crippen molar-refractivity contribution in [3.05, 3.63) is 72.2 Å². The molecule has 24 heavy (non-hydrogen) atoms. The van der Waals surface area contributed by atoms with Crippen LogP contribution in [-0.2, 0) is 18.4 Å². The predicted octanol–water partition coefficient (Wildman–Crippen LogP) is 3.68. The molecule has 3 rings (SSSR count). The van der Waals surface area contributed by atoms with Gasteiger partial charge in [-0.15, -0.1) is 0 Å². The lowest BCUT2D eigenvalue weighted by Crippen LogP contribution is -2.24. The zero-order valence-electron chi connectivity index (χ0n) is 14.0. The lowest BCUT2D eigenvalue weighted by atomic mass is 10.0. The van der Waals surface area contributed by atoms with E-state index in [4.69, 9.17) is 0 Å². The van der Waals surface area contributed by atoms with E-state index >= 15 is 0 Å². The molecule has 0 spiro atoms. The number of hydrogen-bond donors (Lipinski definition) is 1. The summed E-state index contributed by atoms with van der Waals surface area (Å²) >= 11 is 0. The molecular formula is C20H21N3O. The highest BCUT2D eigenvalue weighted by Gasteiger charge is 2.16. The van der Waals surface area contributed by atoms with Crippen molar-refractivity contribution in [2.45, 2.75) is 19.9 Å². The lowest BCUT2D eigenvalue weighted by Gasteiger charge is -2.08. The Hall–Kier alpha value is -2.88. The molecule has 0 saturated carbocycles. The molecular weight excluding hydrogens is 298 g/mol. The van der Waals surface area contributed by atoms with Crippen molar-refractivity contribution in [1.82, 2.24) is 14.9 Å². The quantitative estimate of drug-likeness (QED) is 0.729. The van der Waals surface area contributed by atoms with Crippen molar-refractivity contribution in [3.63, 3.8) is 0 Å². The number of benzene rings is 1. The minimum absolute atomic E-state index is 0.0705. The van der Waals surface area contributed by atoms with Crippen LogP contribution >= 0.6 is 0 Å². The van der Waals surface area contributed by atoms with Crippen LogP contribution in [0.25, 0.3) is 16.5 Å². The van der Waals surface area contributed by atoms with E-state index in [-0.39, 0.29) is 5.91 Å². The van der Waals surface area contributed by atoms with E-state index in [2.05, 4.69) is 27.0 Å². The smallest absolute Gasteiger partial charge is 0.251 e. The SMILES string of the molecule is CCC=C(C(=O)NCc1ccccn1)c1cn(C)c2ccccc12. The fraction of sp³-hybridized carbons (Fsp3) is 0.200. The van der Waals surface area contributed by atoms with E-state index in [1.807, 2.05) is 56.6 Å². The van der Waals surface area contributed by atoms with Crippen LogP contribution < -0.4 is 5.32 Å². The molecule has 0 bridgehead atoms. The molecule has 122 valence electrons. The third-order valence-electron chi connectivity index (χ3n) is 4.00. The summed E-state index contributed by atoms with van der Waals surface area (Å²) in [6.07, 6.45) is 6.53. The molecule has 4 nitrogen and oxygen atoms in total. The Morgan fingerprint density at radius 2 is 2.00 bits per heavy atom. The van der Waals surface area contributed by atoms with Gasteiger partial charge in [-0.25, -0.2) is 0 Å². The largest absolute Gasteiger partial charge is 0.350 e. The van der Waals surface area contributed by atoms with Crippen LogP contribution in [0.5, 0.6) is 0 Å². The summed E-state index contributed by atoms with van der Waals surface area (Å²) in [4.78, 5) is 17.0. The number of pyridine rings is 1. The van der Waals surface area contributed by atoms with Gasteiger partial charge in [0.25, 0.3) is 5.91 Å². The minimum atomic E-state index is -0.0705. The first-order valence-corrected chi connectivity index (χ1v) is 8.13. The van der Waals surface area contributed by atoms with Crippen molar-refractivity contribution in [2.24, 2.45) is 7.05 Å². The van der Waals surface area contributed by atoms with Gasteiger partial charge in [-0.2, -0.15) is 0 Å². The highest BCUT2D eigenvalue weighted by molar-refractivity contribution is 6.22. The van der Waals surface area contributed by atoms with Crippen LogP contribution in [0.3, 0.4) is 0 Å². The molecule has 1 amide bonds. The summed E-state index contributed by atoms with van der Waals surface area (Å²) in [5.41, 5.74) is 3.64. The first-order valence-electron chi connectivity index (χ1n) is 8.13. The molecule has 1 N–H and O–H groups in total. The van der Waals surface area contributed by atoms with Gasteiger partial charge in [0.15, 0.2) is 0 Å². The number of amides is 1. The fourth-order valence-electron chi connectivity index (χ4n) is 2.85. The topological polar surface area (TPSA) is 46.9 Å². The van der Waals surface area contributed by atoms with Gasteiger partial charge in [0.2, 0.25) is 0 Å². The summed E-state index contributed by atoms with van der Waals surface area (Å²) in [5, 5.41) is 4.07. The fourth-order valence-corrected chi connectivity index (χ4v) is 2.85. The Morgan fingerprint density at radius 3 is 2.75 bits per heavy atom. The van der Waals surface area contributed by atoms with Gasteiger partial charge in [0, 0.05) is 41.5 Å². The molecule has 0 aliphatic rings. The maximum atomic E-state index is 12.7. The van der Waals surface area contributed by atoms with E-state index in [9.17, 15) is 4.79 Å². The monoisotopic (exact) mass is 319 g/mol. The minimum Gasteiger partial charge on any atom is -0.350 e. The highest BCUT2D eigenvalue weighted by Crippen LogP contribution is 2.27. The van der Waals surface area contributed by atoms with E-state index in [1.54, 1.807) is 6.20 Å². The van der Waals surface area contributed by atoms with Crippen LogP contribution in [-0.4, -0.2) is 15.5 Å². The lowest BCUT2D eigenvalue weighted by molar-refractivity contribution is -0.115. The summed E-state index contributed by atoms with van der Waals surface area (Å²) in [6, 6.07) is 13.8. The van der Waals surface area contributed by atoms with Crippen LogP contribution in [0.2, 0.25) is 0 Å². The Labute approximate surface area is 141 Å². The Balaban J connectivity index is 1.89. The van der Waals surface area contributed by atoms with Gasteiger partial charge in [-0.1, -0.05) is 37.3 Å². The molecule has 2 aromatic heterocycles. The molecule has 3 aromatic rings. The summed E-state index contributed by atoms with van der Waals surface area (Å²) in [7, 11) is 2.00. The number of aromatic nitrogens is 2. The Kier molecular flexibility index (Phi) is 4.75. The third kappa shape index (κ3) is 3.23. The standard InChI is InChI=1S/C20H21N3O/c1-3-8-17(20(24)22-13-15-9-6-7-12-21-15)18-14-23(2)19-11-5-4-10-16(18)19/h4-12,14H,3,13H2,1-2H3,(H,22,24). The van der Waals surface area contributed by atoms with Gasteiger partial charge >= 0.3 is 0 Å². The highest BCUT2D eigenvalue weighted by atomic mass is 16.1. The van der Waals surface area contributed by atoms with Crippen LogP contribution in [0.4, 0.5) is 0 Å². The number of nitrogens with one attached hydrogen (secondary N) is 1. The zero-order valence-corrected chi connectivity index (χ0v) is 14.0. The van der Waals surface area contributed by atoms with Gasteiger partial charge in [-0.3, -0.25) is 9.78 Å². The number of fused-ring (bicyclic) bond motifs is 1. The molecule has 0 fully saturated rings. The molecule has 0 unspecified atom stereocenters. The summed E-state index contributed by atoms with van der Waals surface area (Å²) in [6.45, 7) is 2.46. The van der Waals surface area contributed by atoms with Gasteiger partial charge in [-0.05, 0) is 24.6 Å². The number of carbonyl (C=O) groups excluding carboxylic acids is 1. The van der Waals surface area contributed by atoms with Crippen molar-refractivity contribution in [2.75, 3.05) is 0 Å². The van der Waals surface area contributed by atoms with E-state index < -0.39 is 0 Å².